The van der Waals surface area contributed by atoms with Gasteiger partial charge in [0.05, 0.1) is 20.3 Å². The third-order valence-corrected chi connectivity index (χ3v) is 2.69. The molecule has 4 nitrogen and oxygen atoms in total. The topological polar surface area (TPSA) is 44.8 Å². The normalized spacial score (nSPS) is 11.9. The summed E-state index contributed by atoms with van der Waals surface area (Å²) in [4.78, 5) is 11.7. The van der Waals surface area contributed by atoms with Crippen LogP contribution in [0.4, 0.5) is 0 Å². The van der Waals surface area contributed by atoms with Crippen LogP contribution in [0.1, 0.15) is 32.3 Å². The molecule has 0 radical (unpaired) electrons. The fraction of sp³-hybridized carbons (Fsp3) is 0.533. The van der Waals surface area contributed by atoms with E-state index in [0.29, 0.717) is 19.6 Å². The van der Waals surface area contributed by atoms with Crippen LogP contribution in [0.15, 0.2) is 24.3 Å². The molecule has 0 amide bonds. The van der Waals surface area contributed by atoms with Gasteiger partial charge in [-0.25, -0.2) is 4.79 Å². The summed E-state index contributed by atoms with van der Waals surface area (Å²) in [6, 6.07) is 7.61. The Labute approximate surface area is 114 Å². The molecule has 0 aliphatic heterocycles. The van der Waals surface area contributed by atoms with Gasteiger partial charge in [0.15, 0.2) is 6.10 Å². The van der Waals surface area contributed by atoms with Crippen LogP contribution in [0, 0.1) is 0 Å². The molecular formula is C15H22O4. The predicted octanol–water partition coefficient (Wildman–Crippen LogP) is 2.94. The second kappa shape index (κ2) is 8.53. The number of hydrogen-bond acceptors (Lipinski definition) is 4. The maximum absolute atomic E-state index is 11.7. The molecule has 0 fully saturated rings. The van der Waals surface area contributed by atoms with Crippen molar-refractivity contribution in [3.63, 3.8) is 0 Å². The summed E-state index contributed by atoms with van der Waals surface area (Å²) in [5.74, 6) is 0.497. The third-order valence-electron chi connectivity index (χ3n) is 2.69. The van der Waals surface area contributed by atoms with E-state index in [2.05, 4.69) is 0 Å². The number of rotatable bonds is 8. The lowest BCUT2D eigenvalue weighted by atomic mass is 10.2. The molecule has 0 heterocycles. The van der Waals surface area contributed by atoms with Gasteiger partial charge in [0, 0.05) is 0 Å². The number of carbonyl (C=O) groups is 1. The molecule has 1 aromatic carbocycles. The number of benzene rings is 1. The van der Waals surface area contributed by atoms with Gasteiger partial charge in [0.1, 0.15) is 5.75 Å². The lowest BCUT2D eigenvalue weighted by Gasteiger charge is -2.16. The van der Waals surface area contributed by atoms with E-state index in [1.807, 2.05) is 31.2 Å². The number of ether oxygens (including phenoxy) is 3. The van der Waals surface area contributed by atoms with Crippen LogP contribution in [0.3, 0.4) is 0 Å². The Morgan fingerprint density at radius 1 is 1.32 bits per heavy atom. The molecule has 1 aromatic rings. The zero-order valence-corrected chi connectivity index (χ0v) is 11.8. The van der Waals surface area contributed by atoms with Crippen molar-refractivity contribution in [3.8, 4) is 5.75 Å². The molecule has 106 valence electrons. The van der Waals surface area contributed by atoms with E-state index in [1.165, 1.54) is 0 Å². The summed E-state index contributed by atoms with van der Waals surface area (Å²) in [6.45, 7) is 4.56. The molecule has 0 saturated carbocycles. The molecule has 1 atom stereocenters. The summed E-state index contributed by atoms with van der Waals surface area (Å²) < 4.78 is 15.8. The largest absolute Gasteiger partial charge is 0.497 e. The first-order valence-electron chi connectivity index (χ1n) is 6.62. The van der Waals surface area contributed by atoms with Gasteiger partial charge in [0.2, 0.25) is 0 Å². The first kappa shape index (κ1) is 15.5. The van der Waals surface area contributed by atoms with Crippen LogP contribution in [0.25, 0.3) is 0 Å². The van der Waals surface area contributed by atoms with Crippen molar-refractivity contribution in [1.29, 1.82) is 0 Å². The van der Waals surface area contributed by atoms with Crippen LogP contribution in [-0.4, -0.2) is 25.8 Å². The summed E-state index contributed by atoms with van der Waals surface area (Å²) in [5, 5.41) is 0. The van der Waals surface area contributed by atoms with E-state index >= 15 is 0 Å². The van der Waals surface area contributed by atoms with Crippen LogP contribution in [0.5, 0.6) is 5.75 Å². The highest BCUT2D eigenvalue weighted by molar-refractivity contribution is 5.74. The van der Waals surface area contributed by atoms with E-state index in [4.69, 9.17) is 14.2 Å². The van der Waals surface area contributed by atoms with Gasteiger partial charge in [-0.1, -0.05) is 25.5 Å². The van der Waals surface area contributed by atoms with Gasteiger partial charge < -0.3 is 14.2 Å². The Morgan fingerprint density at radius 2 is 2.11 bits per heavy atom. The average Bonchev–Trinajstić information content (AvgIpc) is 2.44. The Kier molecular flexibility index (Phi) is 6.97. The molecule has 0 saturated heterocycles. The maximum Gasteiger partial charge on any atom is 0.335 e. The monoisotopic (exact) mass is 266 g/mol. The van der Waals surface area contributed by atoms with Gasteiger partial charge >= 0.3 is 5.97 Å². The van der Waals surface area contributed by atoms with Crippen LogP contribution in [0.2, 0.25) is 0 Å². The highest BCUT2D eigenvalue weighted by Gasteiger charge is 2.19. The van der Waals surface area contributed by atoms with Gasteiger partial charge in [-0.3, -0.25) is 0 Å². The summed E-state index contributed by atoms with van der Waals surface area (Å²) >= 11 is 0. The number of esters is 1. The van der Waals surface area contributed by atoms with Gasteiger partial charge in [-0.05, 0) is 31.0 Å². The predicted molar refractivity (Wildman–Crippen MR) is 73.1 cm³/mol. The molecule has 0 aromatic heterocycles. The molecule has 0 aliphatic rings. The van der Waals surface area contributed by atoms with Gasteiger partial charge in [-0.2, -0.15) is 0 Å². The van der Waals surface area contributed by atoms with E-state index in [1.54, 1.807) is 14.0 Å². The highest BCUT2D eigenvalue weighted by atomic mass is 16.6. The average molecular weight is 266 g/mol. The molecular weight excluding hydrogens is 244 g/mol. The Hall–Kier alpha value is -1.55. The summed E-state index contributed by atoms with van der Waals surface area (Å²) in [7, 11) is 1.62. The summed E-state index contributed by atoms with van der Waals surface area (Å²) in [5.41, 5.74) is 0.977. The maximum atomic E-state index is 11.7. The van der Waals surface area contributed by atoms with Crippen molar-refractivity contribution in [3.05, 3.63) is 29.8 Å². The number of hydrogen-bond donors (Lipinski definition) is 0. The lowest BCUT2D eigenvalue weighted by Crippen LogP contribution is -2.26. The molecule has 0 aliphatic carbocycles. The minimum atomic E-state index is -0.490. The minimum Gasteiger partial charge on any atom is -0.497 e. The van der Waals surface area contributed by atoms with E-state index in [9.17, 15) is 4.79 Å². The first-order valence-corrected chi connectivity index (χ1v) is 6.62. The number of carbonyl (C=O) groups excluding carboxylic acids is 1. The van der Waals surface area contributed by atoms with Gasteiger partial charge in [0.25, 0.3) is 0 Å². The molecule has 0 bridgehead atoms. The Morgan fingerprint density at radius 3 is 2.74 bits per heavy atom. The minimum absolute atomic E-state index is 0.285. The van der Waals surface area contributed by atoms with E-state index in [0.717, 1.165) is 17.7 Å². The smallest absolute Gasteiger partial charge is 0.335 e. The number of methoxy groups -OCH3 is 1. The third kappa shape index (κ3) is 5.30. The molecule has 1 rings (SSSR count). The van der Waals surface area contributed by atoms with E-state index < -0.39 is 6.10 Å². The SMILES string of the molecule is CCCC(OCc1cccc(OC)c1)C(=O)OCC. The van der Waals surface area contributed by atoms with Crippen LogP contribution < -0.4 is 4.74 Å². The van der Waals surface area contributed by atoms with Crippen molar-refractivity contribution in [2.45, 2.75) is 39.4 Å². The molecule has 19 heavy (non-hydrogen) atoms. The standard InChI is InChI=1S/C15H22O4/c1-4-7-14(15(16)18-5-2)19-11-12-8-6-9-13(10-12)17-3/h6,8-10,14H,4-5,7,11H2,1-3H3. The van der Waals surface area contributed by atoms with Crippen molar-refractivity contribution in [1.82, 2.24) is 0 Å². The van der Waals surface area contributed by atoms with Crippen molar-refractivity contribution >= 4 is 5.97 Å². The molecule has 0 N–H and O–H groups in total. The van der Waals surface area contributed by atoms with Crippen molar-refractivity contribution in [2.75, 3.05) is 13.7 Å². The molecule has 4 heteroatoms. The quantitative estimate of drug-likeness (QED) is 0.679. The second-order valence-corrected chi connectivity index (χ2v) is 4.19. The van der Waals surface area contributed by atoms with E-state index in [-0.39, 0.29) is 5.97 Å². The lowest BCUT2D eigenvalue weighted by molar-refractivity contribution is -0.158. The zero-order chi connectivity index (χ0) is 14.1. The summed E-state index contributed by atoms with van der Waals surface area (Å²) in [6.07, 6.45) is 1.06. The van der Waals surface area contributed by atoms with Crippen LogP contribution in [-0.2, 0) is 20.9 Å². The highest BCUT2D eigenvalue weighted by Crippen LogP contribution is 2.15. The van der Waals surface area contributed by atoms with Crippen LogP contribution >= 0.6 is 0 Å². The van der Waals surface area contributed by atoms with Crippen molar-refractivity contribution in [2.24, 2.45) is 0 Å². The molecule has 0 spiro atoms. The molecule has 1 unspecified atom stereocenters. The van der Waals surface area contributed by atoms with Crippen molar-refractivity contribution < 1.29 is 19.0 Å². The zero-order valence-electron chi connectivity index (χ0n) is 11.8. The second-order valence-electron chi connectivity index (χ2n) is 4.19. The first-order chi connectivity index (χ1) is 9.21. The van der Waals surface area contributed by atoms with Gasteiger partial charge in [-0.15, -0.1) is 0 Å². The fourth-order valence-corrected chi connectivity index (χ4v) is 1.73. The fourth-order valence-electron chi connectivity index (χ4n) is 1.73. The Balaban J connectivity index is 2.57. The Bertz CT molecular complexity index is 389.